The van der Waals surface area contributed by atoms with Crippen molar-refractivity contribution in [2.45, 2.75) is 0 Å². The zero-order valence-corrected chi connectivity index (χ0v) is 17.3. The lowest BCUT2D eigenvalue weighted by Gasteiger charge is -2.08. The highest BCUT2D eigenvalue weighted by Crippen LogP contribution is 2.32. The standard InChI is InChI=1S/C22H14BrClN2O3/c23-14-7-5-13(6-8-14)21(27)26-19-17-3-1-2-4-18(17)29-20(19)22(28)25-16-11-9-15(24)10-12-16/h1-12H,(H,25,28)(H,26,27). The minimum Gasteiger partial charge on any atom is -0.449 e. The molecule has 2 N–H and O–H groups in total. The van der Waals surface area contributed by atoms with Crippen molar-refractivity contribution in [1.82, 2.24) is 0 Å². The van der Waals surface area contributed by atoms with Crippen LogP contribution in [0.1, 0.15) is 20.9 Å². The predicted octanol–water partition coefficient (Wildman–Crippen LogP) is 6.35. The minimum absolute atomic E-state index is 0.0200. The highest BCUT2D eigenvalue weighted by atomic mass is 79.9. The molecule has 0 aliphatic heterocycles. The molecule has 0 radical (unpaired) electrons. The molecule has 0 fully saturated rings. The van der Waals surface area contributed by atoms with Gasteiger partial charge in [-0.15, -0.1) is 0 Å². The number of carbonyl (C=O) groups is 2. The number of hydrogen-bond acceptors (Lipinski definition) is 3. The Kier molecular flexibility index (Phi) is 5.38. The number of amides is 2. The first-order valence-corrected chi connectivity index (χ1v) is 9.84. The molecule has 2 amide bonds. The number of furan rings is 1. The molecule has 0 saturated heterocycles. The number of benzene rings is 3. The molecular weight excluding hydrogens is 456 g/mol. The Hall–Kier alpha value is -3.09. The molecule has 0 aliphatic rings. The van der Waals surface area contributed by atoms with Crippen LogP contribution in [0.2, 0.25) is 5.02 Å². The van der Waals surface area contributed by atoms with Crippen LogP contribution >= 0.6 is 27.5 Å². The van der Waals surface area contributed by atoms with Crippen LogP contribution in [0.3, 0.4) is 0 Å². The van der Waals surface area contributed by atoms with Gasteiger partial charge in [0.2, 0.25) is 5.76 Å². The van der Waals surface area contributed by atoms with Crippen LogP contribution in [0, 0.1) is 0 Å². The Morgan fingerprint density at radius 2 is 1.52 bits per heavy atom. The summed E-state index contributed by atoms with van der Waals surface area (Å²) in [7, 11) is 0. The maximum Gasteiger partial charge on any atom is 0.293 e. The monoisotopic (exact) mass is 468 g/mol. The van der Waals surface area contributed by atoms with E-state index in [0.717, 1.165) is 4.47 Å². The van der Waals surface area contributed by atoms with Crippen LogP contribution in [0.25, 0.3) is 11.0 Å². The SMILES string of the molecule is O=C(Nc1c(C(=O)Nc2ccc(Cl)cc2)oc2ccccc12)c1ccc(Br)cc1. The second-order valence-corrected chi connectivity index (χ2v) is 7.58. The Labute approximate surface area is 179 Å². The smallest absolute Gasteiger partial charge is 0.293 e. The molecule has 7 heteroatoms. The maximum atomic E-state index is 12.9. The molecule has 5 nitrogen and oxygen atoms in total. The van der Waals surface area contributed by atoms with Gasteiger partial charge in [0.1, 0.15) is 11.3 Å². The summed E-state index contributed by atoms with van der Waals surface area (Å²) in [5.41, 5.74) is 1.84. The van der Waals surface area contributed by atoms with Crippen molar-refractivity contribution in [2.24, 2.45) is 0 Å². The zero-order valence-electron chi connectivity index (χ0n) is 14.9. The minimum atomic E-state index is -0.477. The molecular formula is C22H14BrClN2O3. The average Bonchev–Trinajstić information content (AvgIpc) is 3.09. The highest BCUT2D eigenvalue weighted by molar-refractivity contribution is 9.10. The first kappa shape index (κ1) is 19.2. The lowest BCUT2D eigenvalue weighted by molar-refractivity contribution is 0.0999. The largest absolute Gasteiger partial charge is 0.449 e. The third kappa shape index (κ3) is 4.18. The molecule has 0 aliphatic carbocycles. The Balaban J connectivity index is 1.68. The number of nitrogens with one attached hydrogen (secondary N) is 2. The molecule has 0 atom stereocenters. The van der Waals surface area contributed by atoms with E-state index in [2.05, 4.69) is 26.6 Å². The lowest BCUT2D eigenvalue weighted by atomic mass is 10.1. The van der Waals surface area contributed by atoms with Crippen molar-refractivity contribution in [3.63, 3.8) is 0 Å². The van der Waals surface area contributed by atoms with Gasteiger partial charge in [0.05, 0.1) is 0 Å². The van der Waals surface area contributed by atoms with Crippen molar-refractivity contribution in [1.29, 1.82) is 0 Å². The summed E-state index contributed by atoms with van der Waals surface area (Å²) in [4.78, 5) is 25.6. The summed E-state index contributed by atoms with van der Waals surface area (Å²) in [5, 5.41) is 6.78. The number of halogens is 2. The van der Waals surface area contributed by atoms with Crippen molar-refractivity contribution in [3.05, 3.63) is 93.6 Å². The average molecular weight is 470 g/mol. The lowest BCUT2D eigenvalue weighted by Crippen LogP contribution is -2.17. The van der Waals surface area contributed by atoms with Crippen LogP contribution in [-0.2, 0) is 0 Å². The molecule has 1 heterocycles. The fraction of sp³-hybridized carbons (Fsp3) is 0. The van der Waals surface area contributed by atoms with E-state index in [9.17, 15) is 9.59 Å². The van der Waals surface area contributed by atoms with Crippen LogP contribution in [0.4, 0.5) is 11.4 Å². The second-order valence-electron chi connectivity index (χ2n) is 6.22. The molecule has 1 aromatic heterocycles. The van der Waals surface area contributed by atoms with E-state index < -0.39 is 5.91 Å². The molecule has 0 spiro atoms. The van der Waals surface area contributed by atoms with Crippen LogP contribution < -0.4 is 10.6 Å². The quantitative estimate of drug-likeness (QED) is 0.366. The van der Waals surface area contributed by atoms with Crippen molar-refractivity contribution >= 4 is 61.7 Å². The van der Waals surface area contributed by atoms with E-state index in [-0.39, 0.29) is 11.7 Å². The summed E-state index contributed by atoms with van der Waals surface area (Å²) in [6.45, 7) is 0. The number of anilines is 2. The van der Waals surface area contributed by atoms with E-state index in [1.165, 1.54) is 0 Å². The fourth-order valence-corrected chi connectivity index (χ4v) is 3.23. The van der Waals surface area contributed by atoms with Gasteiger partial charge in [-0.2, -0.15) is 0 Å². The van der Waals surface area contributed by atoms with Gasteiger partial charge in [0, 0.05) is 26.1 Å². The molecule has 0 saturated carbocycles. The second kappa shape index (κ2) is 8.11. The highest BCUT2D eigenvalue weighted by Gasteiger charge is 2.23. The van der Waals surface area contributed by atoms with Gasteiger partial charge < -0.3 is 15.1 Å². The van der Waals surface area contributed by atoms with Crippen LogP contribution in [0.15, 0.2) is 81.7 Å². The van der Waals surface area contributed by atoms with E-state index >= 15 is 0 Å². The van der Waals surface area contributed by atoms with Crippen LogP contribution in [0.5, 0.6) is 0 Å². The maximum absolute atomic E-state index is 12.9. The summed E-state index contributed by atoms with van der Waals surface area (Å²) >= 11 is 9.23. The van der Waals surface area contributed by atoms with Crippen molar-refractivity contribution in [3.8, 4) is 0 Å². The molecule has 4 aromatic rings. The summed E-state index contributed by atoms with van der Waals surface area (Å²) in [5.74, 6) is -0.800. The summed E-state index contributed by atoms with van der Waals surface area (Å²) in [6.07, 6.45) is 0. The number of carbonyl (C=O) groups excluding carboxylic acids is 2. The van der Waals surface area contributed by atoms with Gasteiger partial charge in [0.15, 0.2) is 0 Å². The number of fused-ring (bicyclic) bond motifs is 1. The normalized spacial score (nSPS) is 10.7. The third-order valence-corrected chi connectivity index (χ3v) is 5.03. The Bertz CT molecular complexity index is 1200. The van der Waals surface area contributed by atoms with Crippen molar-refractivity contribution in [2.75, 3.05) is 10.6 Å². The van der Waals surface area contributed by atoms with E-state index in [1.807, 2.05) is 6.07 Å². The van der Waals surface area contributed by atoms with Gasteiger partial charge in [-0.05, 0) is 60.7 Å². The summed E-state index contributed by atoms with van der Waals surface area (Å²) < 4.78 is 6.62. The topological polar surface area (TPSA) is 71.3 Å². The van der Waals surface area contributed by atoms with Gasteiger partial charge >= 0.3 is 0 Å². The zero-order chi connectivity index (χ0) is 20.4. The number of rotatable bonds is 4. The van der Waals surface area contributed by atoms with Gasteiger partial charge in [0.25, 0.3) is 11.8 Å². The van der Waals surface area contributed by atoms with Gasteiger partial charge in [-0.3, -0.25) is 9.59 Å². The van der Waals surface area contributed by atoms with E-state index in [4.69, 9.17) is 16.0 Å². The first-order valence-electron chi connectivity index (χ1n) is 8.66. The first-order chi connectivity index (χ1) is 14.0. The molecule has 0 bridgehead atoms. The van der Waals surface area contributed by atoms with Crippen LogP contribution in [-0.4, -0.2) is 11.8 Å². The fourth-order valence-electron chi connectivity index (χ4n) is 2.84. The van der Waals surface area contributed by atoms with Crippen molar-refractivity contribution < 1.29 is 14.0 Å². The molecule has 3 aromatic carbocycles. The Morgan fingerprint density at radius 3 is 2.24 bits per heavy atom. The number of hydrogen-bond donors (Lipinski definition) is 2. The predicted molar refractivity (Wildman–Crippen MR) is 118 cm³/mol. The van der Waals surface area contributed by atoms with Gasteiger partial charge in [-0.1, -0.05) is 39.7 Å². The molecule has 4 rings (SSSR count). The number of para-hydroxylation sites is 1. The molecule has 0 unspecified atom stereocenters. The van der Waals surface area contributed by atoms with E-state index in [1.54, 1.807) is 66.7 Å². The third-order valence-electron chi connectivity index (χ3n) is 4.25. The Morgan fingerprint density at radius 1 is 0.828 bits per heavy atom. The summed E-state index contributed by atoms with van der Waals surface area (Å²) in [6, 6.07) is 20.8. The van der Waals surface area contributed by atoms with E-state index in [0.29, 0.717) is 32.9 Å². The molecule has 29 heavy (non-hydrogen) atoms. The molecule has 144 valence electrons. The van der Waals surface area contributed by atoms with Gasteiger partial charge in [-0.25, -0.2) is 0 Å².